The molecule has 2 amide bonds. The number of hydrogen-bond acceptors (Lipinski definition) is 3. The van der Waals surface area contributed by atoms with Crippen LogP contribution < -0.4 is 16.0 Å². The zero-order chi connectivity index (χ0) is 22.1. The van der Waals surface area contributed by atoms with E-state index in [-0.39, 0.29) is 17.7 Å². The molecule has 1 saturated carbocycles. The maximum Gasteiger partial charge on any atom is 0.227 e. The summed E-state index contributed by atoms with van der Waals surface area (Å²) < 4.78 is 0. The molecule has 0 radical (unpaired) electrons. The van der Waals surface area contributed by atoms with Crippen molar-refractivity contribution in [1.82, 2.24) is 15.5 Å². The van der Waals surface area contributed by atoms with Crippen molar-refractivity contribution in [2.24, 2.45) is 16.8 Å². The van der Waals surface area contributed by atoms with Crippen molar-refractivity contribution in [3.8, 4) is 0 Å². The van der Waals surface area contributed by atoms with Crippen molar-refractivity contribution in [2.45, 2.75) is 58.4 Å². The first-order valence-electron chi connectivity index (χ1n) is 11.7. The number of piperidine rings is 1. The van der Waals surface area contributed by atoms with Gasteiger partial charge < -0.3 is 20.9 Å². The predicted octanol–water partition coefficient (Wildman–Crippen LogP) is 3.13. The summed E-state index contributed by atoms with van der Waals surface area (Å²) in [5, 5.41) is 9.20. The van der Waals surface area contributed by atoms with E-state index in [1.54, 1.807) is 7.05 Å². The normalized spacial score (nSPS) is 18.1. The van der Waals surface area contributed by atoms with Crippen LogP contribution in [-0.4, -0.2) is 49.4 Å². The van der Waals surface area contributed by atoms with Crippen LogP contribution in [0.25, 0.3) is 0 Å². The Morgan fingerprint density at radius 1 is 1.13 bits per heavy atom. The number of hydrogen-bond donors (Lipinski definition) is 3. The molecule has 1 aromatic carbocycles. The van der Waals surface area contributed by atoms with Gasteiger partial charge >= 0.3 is 0 Å². The first kappa shape index (κ1) is 23.1. The highest BCUT2D eigenvalue weighted by Gasteiger charge is 2.24. The number of likely N-dealkylation sites (tertiary alicyclic amines) is 1. The fourth-order valence-electron chi connectivity index (χ4n) is 4.48. The molecule has 1 saturated heterocycles. The Morgan fingerprint density at radius 2 is 1.87 bits per heavy atom. The first-order chi connectivity index (χ1) is 15.1. The third kappa shape index (κ3) is 6.97. The molecule has 1 heterocycles. The Bertz CT molecular complexity index is 765. The van der Waals surface area contributed by atoms with Gasteiger partial charge in [-0.05, 0) is 56.2 Å². The van der Waals surface area contributed by atoms with Crippen molar-refractivity contribution >= 4 is 23.5 Å². The molecule has 7 nitrogen and oxygen atoms in total. The third-order valence-corrected chi connectivity index (χ3v) is 6.33. The molecule has 0 unspecified atom stereocenters. The van der Waals surface area contributed by atoms with E-state index in [0.717, 1.165) is 75.4 Å². The number of guanidine groups is 1. The van der Waals surface area contributed by atoms with E-state index >= 15 is 0 Å². The zero-order valence-corrected chi connectivity index (χ0v) is 19.0. The van der Waals surface area contributed by atoms with E-state index in [1.165, 1.54) is 0 Å². The standard InChI is InChI=1S/C24H37N5O2/c1-3-26-24(29-13-11-18(12-14-29)16-22(30)25-2)27-17-19-7-6-10-21(15-19)28-23(31)20-8-4-5-9-20/h6-7,10,15,18,20H,3-5,8-9,11-14,16-17H2,1-2H3,(H,25,30)(H,26,27)(H,28,31). The van der Waals surface area contributed by atoms with Crippen LogP contribution in [0.3, 0.4) is 0 Å². The van der Waals surface area contributed by atoms with E-state index in [4.69, 9.17) is 4.99 Å². The molecule has 31 heavy (non-hydrogen) atoms. The first-order valence-corrected chi connectivity index (χ1v) is 11.7. The van der Waals surface area contributed by atoms with E-state index in [0.29, 0.717) is 18.9 Å². The summed E-state index contributed by atoms with van der Waals surface area (Å²) in [6.45, 7) is 5.27. The van der Waals surface area contributed by atoms with Crippen LogP contribution in [-0.2, 0) is 16.1 Å². The highest BCUT2D eigenvalue weighted by molar-refractivity contribution is 5.92. The Kier molecular flexibility index (Phi) is 8.74. The van der Waals surface area contributed by atoms with Crippen LogP contribution in [0.2, 0.25) is 0 Å². The van der Waals surface area contributed by atoms with Gasteiger partial charge in [0.25, 0.3) is 0 Å². The average Bonchev–Trinajstić information content (AvgIpc) is 3.33. The summed E-state index contributed by atoms with van der Waals surface area (Å²) in [6.07, 6.45) is 6.92. The maximum absolute atomic E-state index is 12.4. The van der Waals surface area contributed by atoms with Gasteiger partial charge in [-0.3, -0.25) is 9.59 Å². The van der Waals surface area contributed by atoms with E-state index < -0.39 is 0 Å². The lowest BCUT2D eigenvalue weighted by molar-refractivity contribution is -0.122. The van der Waals surface area contributed by atoms with Crippen LogP contribution in [0.15, 0.2) is 29.3 Å². The number of aliphatic imine (C=N–C) groups is 1. The second kappa shape index (κ2) is 11.7. The molecule has 170 valence electrons. The summed E-state index contributed by atoms with van der Waals surface area (Å²) in [5.41, 5.74) is 1.93. The van der Waals surface area contributed by atoms with Crippen LogP contribution in [0.1, 0.15) is 57.4 Å². The van der Waals surface area contributed by atoms with Crippen LogP contribution in [0.4, 0.5) is 5.69 Å². The molecule has 0 bridgehead atoms. The van der Waals surface area contributed by atoms with Crippen molar-refractivity contribution < 1.29 is 9.59 Å². The fourth-order valence-corrected chi connectivity index (χ4v) is 4.48. The van der Waals surface area contributed by atoms with Crippen LogP contribution in [0.5, 0.6) is 0 Å². The van der Waals surface area contributed by atoms with Crippen LogP contribution >= 0.6 is 0 Å². The van der Waals surface area contributed by atoms with E-state index in [9.17, 15) is 9.59 Å². The number of rotatable bonds is 7. The summed E-state index contributed by atoms with van der Waals surface area (Å²) in [7, 11) is 1.70. The average molecular weight is 428 g/mol. The zero-order valence-electron chi connectivity index (χ0n) is 19.0. The molecule has 1 aliphatic carbocycles. The van der Waals surface area contributed by atoms with Gasteiger partial charge in [-0.2, -0.15) is 0 Å². The number of carbonyl (C=O) groups is 2. The third-order valence-electron chi connectivity index (χ3n) is 6.33. The van der Waals surface area contributed by atoms with E-state index in [1.807, 2.05) is 24.3 Å². The number of benzene rings is 1. The van der Waals surface area contributed by atoms with Gasteiger partial charge in [-0.1, -0.05) is 25.0 Å². The SMILES string of the molecule is CCNC(=NCc1cccc(NC(=O)C2CCCC2)c1)N1CCC(CC(=O)NC)CC1. The lowest BCUT2D eigenvalue weighted by Crippen LogP contribution is -2.46. The lowest BCUT2D eigenvalue weighted by Gasteiger charge is -2.34. The number of nitrogens with one attached hydrogen (secondary N) is 3. The topological polar surface area (TPSA) is 85.8 Å². The van der Waals surface area contributed by atoms with Gasteiger partial charge in [0.15, 0.2) is 5.96 Å². The monoisotopic (exact) mass is 427 g/mol. The maximum atomic E-state index is 12.4. The van der Waals surface area contributed by atoms with Gasteiger partial charge in [-0.25, -0.2) is 4.99 Å². The Labute approximate surface area is 186 Å². The van der Waals surface area contributed by atoms with Crippen LogP contribution in [0, 0.1) is 11.8 Å². The Morgan fingerprint density at radius 3 is 2.55 bits per heavy atom. The Hall–Kier alpha value is -2.57. The highest BCUT2D eigenvalue weighted by Crippen LogP contribution is 2.26. The molecule has 3 rings (SSSR count). The van der Waals surface area contributed by atoms with Gasteiger partial charge in [0.1, 0.15) is 0 Å². The largest absolute Gasteiger partial charge is 0.359 e. The predicted molar refractivity (Wildman–Crippen MR) is 125 cm³/mol. The second-order valence-corrected chi connectivity index (χ2v) is 8.65. The Balaban J connectivity index is 1.56. The smallest absolute Gasteiger partial charge is 0.227 e. The molecule has 0 aromatic heterocycles. The highest BCUT2D eigenvalue weighted by atomic mass is 16.2. The second-order valence-electron chi connectivity index (χ2n) is 8.65. The molecular weight excluding hydrogens is 390 g/mol. The van der Waals surface area contributed by atoms with E-state index in [2.05, 4.69) is 27.8 Å². The molecule has 1 aromatic rings. The van der Waals surface area contributed by atoms with Crippen molar-refractivity contribution in [1.29, 1.82) is 0 Å². The molecule has 3 N–H and O–H groups in total. The molecule has 1 aliphatic heterocycles. The minimum Gasteiger partial charge on any atom is -0.359 e. The minimum atomic E-state index is 0.124. The minimum absolute atomic E-state index is 0.124. The van der Waals surface area contributed by atoms with Gasteiger partial charge in [0.05, 0.1) is 6.54 Å². The molecule has 2 fully saturated rings. The lowest BCUT2D eigenvalue weighted by atomic mass is 9.93. The summed E-state index contributed by atoms with van der Waals surface area (Å²) in [4.78, 5) is 31.2. The molecule has 7 heteroatoms. The summed E-state index contributed by atoms with van der Waals surface area (Å²) >= 11 is 0. The molecular formula is C24H37N5O2. The summed E-state index contributed by atoms with van der Waals surface area (Å²) in [6, 6.07) is 8.00. The number of amides is 2. The van der Waals surface area contributed by atoms with Crippen molar-refractivity contribution in [2.75, 3.05) is 32.0 Å². The number of nitrogens with zero attached hydrogens (tertiary/aromatic N) is 2. The molecule has 0 atom stereocenters. The quantitative estimate of drug-likeness (QED) is 0.461. The van der Waals surface area contributed by atoms with Crippen molar-refractivity contribution in [3.05, 3.63) is 29.8 Å². The molecule has 2 aliphatic rings. The number of anilines is 1. The van der Waals surface area contributed by atoms with Gasteiger partial charge in [0.2, 0.25) is 11.8 Å². The van der Waals surface area contributed by atoms with Gasteiger partial charge in [-0.15, -0.1) is 0 Å². The number of carbonyl (C=O) groups excluding carboxylic acids is 2. The fraction of sp³-hybridized carbons (Fsp3) is 0.625. The summed E-state index contributed by atoms with van der Waals surface area (Å²) in [5.74, 6) is 1.79. The molecule has 0 spiro atoms. The van der Waals surface area contributed by atoms with Gasteiger partial charge in [0, 0.05) is 44.7 Å². The van der Waals surface area contributed by atoms with Crippen molar-refractivity contribution in [3.63, 3.8) is 0 Å².